The first kappa shape index (κ1) is 16.6. The van der Waals surface area contributed by atoms with Crippen molar-refractivity contribution < 1.29 is 14.3 Å². The van der Waals surface area contributed by atoms with Crippen LogP contribution in [0, 0.1) is 0 Å². The molecule has 4 nitrogen and oxygen atoms in total. The monoisotopic (exact) mass is 366 g/mol. The van der Waals surface area contributed by atoms with Crippen LogP contribution in [0.15, 0.2) is 51.7 Å². The van der Waals surface area contributed by atoms with E-state index in [0.717, 1.165) is 24.0 Å². The van der Waals surface area contributed by atoms with Gasteiger partial charge in [0.2, 0.25) is 0 Å². The quantitative estimate of drug-likeness (QED) is 0.691. The van der Waals surface area contributed by atoms with Gasteiger partial charge < -0.3 is 9.52 Å². The highest BCUT2D eigenvalue weighted by atomic mass is 35.5. The maximum atomic E-state index is 12.9. The second-order valence-corrected chi connectivity index (χ2v) is 6.77. The van der Waals surface area contributed by atoms with Crippen molar-refractivity contribution >= 4 is 40.2 Å². The molecule has 0 fully saturated rings. The fourth-order valence-corrected chi connectivity index (χ4v) is 3.45. The van der Waals surface area contributed by atoms with Crippen LogP contribution in [-0.2, 0) is 6.42 Å². The molecule has 3 aromatic rings. The Morgan fingerprint density at radius 1 is 1.12 bits per heavy atom. The third kappa shape index (κ3) is 2.93. The topological polar surface area (TPSA) is 67.5 Å². The zero-order valence-electron chi connectivity index (χ0n) is 13.8. The van der Waals surface area contributed by atoms with E-state index >= 15 is 0 Å². The first-order valence-electron chi connectivity index (χ1n) is 8.32. The van der Waals surface area contributed by atoms with Crippen LogP contribution in [0.4, 0.5) is 0 Å². The van der Waals surface area contributed by atoms with Gasteiger partial charge in [0.15, 0.2) is 5.43 Å². The van der Waals surface area contributed by atoms with Gasteiger partial charge in [-0.05, 0) is 66.8 Å². The molecule has 0 bridgehead atoms. The first-order valence-corrected chi connectivity index (χ1v) is 8.70. The number of hydrogen-bond acceptors (Lipinski definition) is 3. The molecule has 5 heteroatoms. The summed E-state index contributed by atoms with van der Waals surface area (Å²) in [4.78, 5) is 24.1. The van der Waals surface area contributed by atoms with Gasteiger partial charge in [-0.25, -0.2) is 4.79 Å². The van der Waals surface area contributed by atoms with Crippen molar-refractivity contribution in [1.82, 2.24) is 0 Å². The molecular formula is C21H15ClO4. The van der Waals surface area contributed by atoms with Crippen molar-refractivity contribution in [2.45, 2.75) is 19.3 Å². The van der Waals surface area contributed by atoms with Crippen molar-refractivity contribution in [1.29, 1.82) is 0 Å². The van der Waals surface area contributed by atoms with E-state index in [4.69, 9.17) is 21.1 Å². The summed E-state index contributed by atoms with van der Waals surface area (Å²) in [6, 6.07) is 11.9. The lowest BCUT2D eigenvalue weighted by atomic mass is 9.90. The number of benzene rings is 2. The number of carbonyl (C=O) groups is 1. The summed E-state index contributed by atoms with van der Waals surface area (Å²) in [6.45, 7) is 0. The molecule has 0 spiro atoms. The van der Waals surface area contributed by atoms with Gasteiger partial charge in [0.25, 0.3) is 0 Å². The van der Waals surface area contributed by atoms with Crippen molar-refractivity contribution in [3.63, 3.8) is 0 Å². The second-order valence-electron chi connectivity index (χ2n) is 6.33. The molecule has 0 saturated carbocycles. The van der Waals surface area contributed by atoms with Gasteiger partial charge in [-0.1, -0.05) is 23.7 Å². The number of carboxylic acid groups (broad SMARTS) is 1. The fourth-order valence-electron chi connectivity index (χ4n) is 3.32. The van der Waals surface area contributed by atoms with Crippen molar-refractivity contribution in [2.24, 2.45) is 0 Å². The zero-order chi connectivity index (χ0) is 18.3. The third-order valence-corrected chi connectivity index (χ3v) is 4.86. The van der Waals surface area contributed by atoms with Crippen molar-refractivity contribution in [2.75, 3.05) is 0 Å². The third-order valence-electron chi connectivity index (χ3n) is 4.61. The Hall–Kier alpha value is -2.85. The van der Waals surface area contributed by atoms with E-state index in [0.29, 0.717) is 33.7 Å². The van der Waals surface area contributed by atoms with E-state index in [1.54, 1.807) is 6.07 Å². The highest BCUT2D eigenvalue weighted by Crippen LogP contribution is 2.33. The zero-order valence-corrected chi connectivity index (χ0v) is 14.5. The number of aromatic carboxylic acids is 1. The fraction of sp³-hybridized carbons (Fsp3) is 0.143. The maximum absolute atomic E-state index is 12.9. The average molecular weight is 367 g/mol. The number of hydrogen-bond donors (Lipinski definition) is 1. The predicted molar refractivity (Wildman–Crippen MR) is 102 cm³/mol. The summed E-state index contributed by atoms with van der Waals surface area (Å²) in [5, 5.41) is 10.1. The maximum Gasteiger partial charge on any atom is 0.335 e. The molecule has 0 atom stereocenters. The van der Waals surface area contributed by atoms with Gasteiger partial charge in [-0.2, -0.15) is 0 Å². The van der Waals surface area contributed by atoms with E-state index in [1.807, 2.05) is 30.3 Å². The van der Waals surface area contributed by atoms with Crippen molar-refractivity contribution in [3.8, 4) is 0 Å². The lowest BCUT2D eigenvalue weighted by Gasteiger charge is -2.18. The number of rotatable bonds is 2. The molecule has 0 saturated heterocycles. The number of halogens is 1. The molecule has 0 unspecified atom stereocenters. The Labute approximate surface area is 154 Å². The molecule has 1 N–H and O–H groups in total. The normalized spacial score (nSPS) is 15.2. The summed E-state index contributed by atoms with van der Waals surface area (Å²) in [5.41, 5.74) is 2.91. The van der Waals surface area contributed by atoms with E-state index in [2.05, 4.69) is 0 Å². The van der Waals surface area contributed by atoms with Gasteiger partial charge in [0, 0.05) is 10.6 Å². The summed E-state index contributed by atoms with van der Waals surface area (Å²) >= 11 is 5.93. The molecule has 1 aliphatic rings. The molecule has 26 heavy (non-hydrogen) atoms. The van der Waals surface area contributed by atoms with Crippen LogP contribution in [0.5, 0.6) is 0 Å². The van der Waals surface area contributed by atoms with Gasteiger partial charge in [0.05, 0.1) is 10.9 Å². The lowest BCUT2D eigenvalue weighted by Crippen LogP contribution is -2.16. The molecule has 0 amide bonds. The van der Waals surface area contributed by atoms with Crippen LogP contribution in [0.1, 0.15) is 40.1 Å². The Bertz CT molecular complexity index is 1110. The number of carboxylic acids is 1. The minimum Gasteiger partial charge on any atom is -0.478 e. The highest BCUT2D eigenvalue weighted by molar-refractivity contribution is 6.30. The van der Waals surface area contributed by atoms with Gasteiger partial charge >= 0.3 is 5.97 Å². The van der Waals surface area contributed by atoms with Crippen LogP contribution in [0.25, 0.3) is 22.6 Å². The van der Waals surface area contributed by atoms with Crippen LogP contribution >= 0.6 is 11.6 Å². The molecular weight excluding hydrogens is 352 g/mol. The SMILES string of the molecule is O=C(O)c1ccc2oc3c(c(=O)c2c1)CCC/C3=C/c1ccc(Cl)cc1. The summed E-state index contributed by atoms with van der Waals surface area (Å²) in [7, 11) is 0. The Kier molecular flexibility index (Phi) is 4.13. The van der Waals surface area contributed by atoms with Crippen LogP contribution in [-0.4, -0.2) is 11.1 Å². The highest BCUT2D eigenvalue weighted by Gasteiger charge is 2.22. The molecule has 1 aromatic heterocycles. The predicted octanol–water partition coefficient (Wildman–Crippen LogP) is 5.02. The minimum absolute atomic E-state index is 0.0810. The van der Waals surface area contributed by atoms with E-state index in [-0.39, 0.29) is 11.0 Å². The van der Waals surface area contributed by atoms with Crippen LogP contribution < -0.4 is 5.43 Å². The van der Waals surface area contributed by atoms with E-state index in [9.17, 15) is 9.59 Å². The Balaban J connectivity index is 1.89. The molecule has 0 aliphatic heterocycles. The number of allylic oxidation sites excluding steroid dienone is 1. The Morgan fingerprint density at radius 2 is 1.88 bits per heavy atom. The second kappa shape index (κ2) is 6.46. The van der Waals surface area contributed by atoms with Gasteiger partial charge in [0.1, 0.15) is 11.3 Å². The van der Waals surface area contributed by atoms with Gasteiger partial charge in [-0.15, -0.1) is 0 Å². The standard InChI is InChI=1S/C21H15ClO4/c22-15-7-4-12(5-8-15)10-13-2-1-3-16-19(23)17-11-14(21(24)25)6-9-18(17)26-20(13)16/h4-11H,1-3H2,(H,24,25)/b13-10-. The summed E-state index contributed by atoms with van der Waals surface area (Å²) < 4.78 is 6.02. The lowest BCUT2D eigenvalue weighted by molar-refractivity contribution is 0.0697. The van der Waals surface area contributed by atoms with E-state index in [1.165, 1.54) is 12.1 Å². The molecule has 0 radical (unpaired) electrons. The number of fused-ring (bicyclic) bond motifs is 2. The summed E-state index contributed by atoms with van der Waals surface area (Å²) in [5.74, 6) is -0.459. The van der Waals surface area contributed by atoms with E-state index < -0.39 is 5.97 Å². The average Bonchev–Trinajstić information content (AvgIpc) is 2.64. The first-order chi connectivity index (χ1) is 12.5. The van der Waals surface area contributed by atoms with Gasteiger partial charge in [-0.3, -0.25) is 4.79 Å². The molecule has 1 heterocycles. The molecule has 2 aromatic carbocycles. The molecule has 1 aliphatic carbocycles. The Morgan fingerprint density at radius 3 is 2.62 bits per heavy atom. The smallest absolute Gasteiger partial charge is 0.335 e. The summed E-state index contributed by atoms with van der Waals surface area (Å²) in [6.07, 6.45) is 4.30. The van der Waals surface area contributed by atoms with Crippen molar-refractivity contribution in [3.05, 3.63) is 80.2 Å². The van der Waals surface area contributed by atoms with Crippen LogP contribution in [0.2, 0.25) is 5.02 Å². The largest absolute Gasteiger partial charge is 0.478 e. The molecule has 130 valence electrons. The minimum atomic E-state index is -1.06. The van der Waals surface area contributed by atoms with Crippen LogP contribution in [0.3, 0.4) is 0 Å². The molecule has 4 rings (SSSR count).